The third kappa shape index (κ3) is 2.38. The monoisotopic (exact) mass is 266 g/mol. The van der Waals surface area contributed by atoms with Gasteiger partial charge in [-0.25, -0.2) is 4.79 Å². The Bertz CT molecular complexity index is 589. The summed E-state index contributed by atoms with van der Waals surface area (Å²) in [6, 6.07) is 6.17. The first-order chi connectivity index (χ1) is 8.11. The van der Waals surface area contributed by atoms with Crippen LogP contribution in [0.1, 0.15) is 20.0 Å². The van der Waals surface area contributed by atoms with Crippen LogP contribution in [0.25, 0.3) is 11.1 Å². The van der Waals surface area contributed by atoms with E-state index < -0.39 is 5.97 Å². The number of aromatic carboxylic acids is 1. The van der Waals surface area contributed by atoms with Gasteiger partial charge in [0.25, 0.3) is 0 Å². The number of carboxylic acid groups (broad SMARTS) is 1. The SMILES string of the molecule is O=Cc1cc(-c2cc(C(=O)O)ccc2Cl)cs1. The zero-order valence-electron chi connectivity index (χ0n) is 8.51. The highest BCUT2D eigenvalue weighted by Crippen LogP contribution is 2.31. The smallest absolute Gasteiger partial charge is 0.335 e. The minimum atomic E-state index is -1.01. The van der Waals surface area contributed by atoms with Crippen molar-refractivity contribution in [2.24, 2.45) is 0 Å². The van der Waals surface area contributed by atoms with Gasteiger partial charge in [-0.3, -0.25) is 4.79 Å². The maximum Gasteiger partial charge on any atom is 0.335 e. The fourth-order valence-electron chi connectivity index (χ4n) is 1.44. The van der Waals surface area contributed by atoms with Crippen molar-refractivity contribution in [3.05, 3.63) is 45.1 Å². The molecule has 2 aromatic rings. The number of rotatable bonds is 3. The lowest BCUT2D eigenvalue weighted by molar-refractivity contribution is 0.0697. The second-order valence-corrected chi connectivity index (χ2v) is 4.71. The Kier molecular flexibility index (Phi) is 3.26. The summed E-state index contributed by atoms with van der Waals surface area (Å²) in [4.78, 5) is 22.0. The van der Waals surface area contributed by atoms with Gasteiger partial charge in [-0.05, 0) is 35.2 Å². The Morgan fingerprint density at radius 3 is 2.71 bits per heavy atom. The zero-order chi connectivity index (χ0) is 12.4. The Balaban J connectivity index is 2.53. The first-order valence-corrected chi connectivity index (χ1v) is 5.94. The summed E-state index contributed by atoms with van der Waals surface area (Å²) in [6.45, 7) is 0. The third-order valence-corrected chi connectivity index (χ3v) is 3.45. The average molecular weight is 267 g/mol. The molecule has 3 nitrogen and oxygen atoms in total. The van der Waals surface area contributed by atoms with Gasteiger partial charge in [0.2, 0.25) is 0 Å². The average Bonchev–Trinajstić information content (AvgIpc) is 2.77. The van der Waals surface area contributed by atoms with E-state index in [-0.39, 0.29) is 5.56 Å². The fourth-order valence-corrected chi connectivity index (χ4v) is 2.37. The highest BCUT2D eigenvalue weighted by Gasteiger charge is 2.10. The number of hydrogen-bond acceptors (Lipinski definition) is 3. The molecule has 1 aromatic heterocycles. The number of carbonyl (C=O) groups excluding carboxylic acids is 1. The van der Waals surface area contributed by atoms with Crippen molar-refractivity contribution in [1.82, 2.24) is 0 Å². The van der Waals surface area contributed by atoms with Crippen molar-refractivity contribution in [3.63, 3.8) is 0 Å². The molecule has 1 heterocycles. The van der Waals surface area contributed by atoms with Crippen LogP contribution < -0.4 is 0 Å². The van der Waals surface area contributed by atoms with Crippen molar-refractivity contribution in [2.45, 2.75) is 0 Å². The van der Waals surface area contributed by atoms with Gasteiger partial charge in [-0.1, -0.05) is 11.6 Å². The summed E-state index contributed by atoms with van der Waals surface area (Å²) in [5.74, 6) is -1.01. The van der Waals surface area contributed by atoms with Crippen molar-refractivity contribution in [1.29, 1.82) is 0 Å². The molecular weight excluding hydrogens is 260 g/mol. The Labute approximate surface area is 106 Å². The number of carboxylic acids is 1. The fraction of sp³-hybridized carbons (Fsp3) is 0. The van der Waals surface area contributed by atoms with Gasteiger partial charge in [0.15, 0.2) is 6.29 Å². The van der Waals surface area contributed by atoms with E-state index in [1.807, 2.05) is 0 Å². The predicted molar refractivity (Wildman–Crippen MR) is 67.1 cm³/mol. The summed E-state index contributed by atoms with van der Waals surface area (Å²) in [5.41, 5.74) is 1.55. The molecule has 0 spiro atoms. The molecule has 0 amide bonds. The second-order valence-electron chi connectivity index (χ2n) is 3.36. The van der Waals surface area contributed by atoms with E-state index in [0.717, 1.165) is 11.8 Å². The van der Waals surface area contributed by atoms with Gasteiger partial charge in [0.1, 0.15) is 0 Å². The van der Waals surface area contributed by atoms with Crippen LogP contribution in [0.5, 0.6) is 0 Å². The lowest BCUT2D eigenvalue weighted by Crippen LogP contribution is -1.96. The molecule has 5 heteroatoms. The maximum atomic E-state index is 10.9. The van der Waals surface area contributed by atoms with E-state index >= 15 is 0 Å². The van der Waals surface area contributed by atoms with E-state index in [2.05, 4.69) is 0 Å². The van der Waals surface area contributed by atoms with Crippen molar-refractivity contribution in [3.8, 4) is 11.1 Å². The number of halogens is 1. The molecule has 2 rings (SSSR count). The molecule has 86 valence electrons. The Morgan fingerprint density at radius 2 is 2.12 bits per heavy atom. The highest BCUT2D eigenvalue weighted by molar-refractivity contribution is 7.12. The van der Waals surface area contributed by atoms with Crippen LogP contribution in [0.3, 0.4) is 0 Å². The van der Waals surface area contributed by atoms with Crippen LogP contribution >= 0.6 is 22.9 Å². The number of thiophene rings is 1. The van der Waals surface area contributed by atoms with E-state index in [1.165, 1.54) is 23.5 Å². The molecule has 0 aliphatic rings. The lowest BCUT2D eigenvalue weighted by Gasteiger charge is -2.03. The summed E-state index contributed by atoms with van der Waals surface area (Å²) in [7, 11) is 0. The largest absolute Gasteiger partial charge is 0.478 e. The first kappa shape index (κ1) is 11.8. The summed E-state index contributed by atoms with van der Waals surface area (Å²) in [6.07, 6.45) is 0.753. The molecule has 17 heavy (non-hydrogen) atoms. The minimum absolute atomic E-state index is 0.170. The van der Waals surface area contributed by atoms with Gasteiger partial charge < -0.3 is 5.11 Å². The van der Waals surface area contributed by atoms with Crippen molar-refractivity contribution >= 4 is 35.2 Å². The number of hydrogen-bond donors (Lipinski definition) is 1. The van der Waals surface area contributed by atoms with Crippen molar-refractivity contribution < 1.29 is 14.7 Å². The molecule has 0 radical (unpaired) electrons. The highest BCUT2D eigenvalue weighted by atomic mass is 35.5. The van der Waals surface area contributed by atoms with Crippen LogP contribution in [-0.4, -0.2) is 17.4 Å². The third-order valence-electron chi connectivity index (χ3n) is 2.26. The Hall–Kier alpha value is -1.65. The zero-order valence-corrected chi connectivity index (χ0v) is 10.1. The summed E-state index contributed by atoms with van der Waals surface area (Å²) in [5, 5.41) is 11.1. The van der Waals surface area contributed by atoms with Crippen LogP contribution in [0.2, 0.25) is 5.02 Å². The molecule has 0 atom stereocenters. The number of benzene rings is 1. The molecule has 0 bridgehead atoms. The predicted octanol–water partition coefficient (Wildman–Crippen LogP) is 3.58. The quantitative estimate of drug-likeness (QED) is 0.864. The van der Waals surface area contributed by atoms with E-state index in [9.17, 15) is 9.59 Å². The van der Waals surface area contributed by atoms with E-state index in [4.69, 9.17) is 16.7 Å². The molecule has 0 saturated carbocycles. The summed E-state index contributed by atoms with van der Waals surface area (Å²) < 4.78 is 0. The molecule has 0 saturated heterocycles. The summed E-state index contributed by atoms with van der Waals surface area (Å²) >= 11 is 7.30. The molecule has 1 N–H and O–H groups in total. The molecule has 0 aliphatic carbocycles. The van der Waals surface area contributed by atoms with Gasteiger partial charge in [0, 0.05) is 10.6 Å². The topological polar surface area (TPSA) is 54.4 Å². The van der Waals surface area contributed by atoms with Crippen LogP contribution in [-0.2, 0) is 0 Å². The van der Waals surface area contributed by atoms with E-state index in [1.54, 1.807) is 17.5 Å². The normalized spacial score (nSPS) is 10.2. The van der Waals surface area contributed by atoms with Gasteiger partial charge in [-0.15, -0.1) is 11.3 Å². The maximum absolute atomic E-state index is 10.9. The number of carbonyl (C=O) groups is 2. The van der Waals surface area contributed by atoms with Gasteiger partial charge >= 0.3 is 5.97 Å². The molecule has 1 aromatic carbocycles. The van der Waals surface area contributed by atoms with Crippen LogP contribution in [0.15, 0.2) is 29.6 Å². The van der Waals surface area contributed by atoms with E-state index in [0.29, 0.717) is 15.5 Å². The molecule has 0 unspecified atom stereocenters. The lowest BCUT2D eigenvalue weighted by atomic mass is 10.1. The molecule has 0 aliphatic heterocycles. The van der Waals surface area contributed by atoms with Crippen LogP contribution in [0, 0.1) is 0 Å². The molecular formula is C12H7ClO3S. The number of aldehydes is 1. The standard InChI is InChI=1S/C12H7ClO3S/c13-11-2-1-7(12(15)16)4-10(11)8-3-9(5-14)17-6-8/h1-6H,(H,15,16). The second kappa shape index (κ2) is 4.69. The molecule has 0 fully saturated rings. The Morgan fingerprint density at radius 1 is 1.35 bits per heavy atom. The van der Waals surface area contributed by atoms with Gasteiger partial charge in [-0.2, -0.15) is 0 Å². The minimum Gasteiger partial charge on any atom is -0.478 e. The first-order valence-electron chi connectivity index (χ1n) is 4.68. The van der Waals surface area contributed by atoms with Gasteiger partial charge in [0.05, 0.1) is 10.4 Å². The van der Waals surface area contributed by atoms with Crippen LogP contribution in [0.4, 0.5) is 0 Å². The van der Waals surface area contributed by atoms with Crippen molar-refractivity contribution in [2.75, 3.05) is 0 Å².